The highest BCUT2D eigenvalue weighted by molar-refractivity contribution is 5.82. The molecular formula is C11H11N3O3. The maximum absolute atomic E-state index is 11.6. The van der Waals surface area contributed by atoms with Gasteiger partial charge in [0.1, 0.15) is 0 Å². The maximum atomic E-state index is 11.6. The van der Waals surface area contributed by atoms with E-state index in [0.29, 0.717) is 5.69 Å². The van der Waals surface area contributed by atoms with Crippen LogP contribution in [-0.2, 0) is 0 Å². The normalized spacial score (nSPS) is 10.5. The number of H-pyrrole nitrogens is 1. The summed E-state index contributed by atoms with van der Waals surface area (Å²) in [5.41, 5.74) is 1.77. The van der Waals surface area contributed by atoms with E-state index in [1.165, 1.54) is 0 Å². The Balaban J connectivity index is 2.69. The molecule has 0 radical (unpaired) electrons. The quantitative estimate of drug-likeness (QED) is 0.805. The van der Waals surface area contributed by atoms with Gasteiger partial charge in [0.15, 0.2) is 0 Å². The lowest BCUT2D eigenvalue weighted by Gasteiger charge is -2.07. The Kier molecular flexibility index (Phi) is 2.55. The van der Waals surface area contributed by atoms with E-state index in [1.54, 1.807) is 0 Å². The fourth-order valence-corrected chi connectivity index (χ4v) is 1.71. The molecule has 2 N–H and O–H groups in total. The number of nitrogens with zero attached hydrogens (tertiary/aromatic N) is 2. The van der Waals surface area contributed by atoms with E-state index < -0.39 is 11.7 Å². The summed E-state index contributed by atoms with van der Waals surface area (Å²) >= 11 is 0. The predicted molar refractivity (Wildman–Crippen MR) is 60.6 cm³/mol. The van der Waals surface area contributed by atoms with E-state index in [1.807, 2.05) is 32.0 Å². The van der Waals surface area contributed by atoms with Crippen LogP contribution in [0.3, 0.4) is 0 Å². The first-order valence-corrected chi connectivity index (χ1v) is 5.00. The lowest BCUT2D eigenvalue weighted by molar-refractivity contribution is 0.0683. The molecule has 0 fully saturated rings. The number of nitrogens with one attached hydrogen (secondary N) is 1. The Hall–Kier alpha value is -2.37. The molecule has 0 saturated carbocycles. The molecule has 0 amide bonds. The van der Waals surface area contributed by atoms with Crippen LogP contribution in [0.2, 0.25) is 0 Å². The third-order valence-corrected chi connectivity index (χ3v) is 2.47. The second-order valence-corrected chi connectivity index (χ2v) is 3.74. The van der Waals surface area contributed by atoms with Gasteiger partial charge in [-0.1, -0.05) is 18.2 Å². The summed E-state index contributed by atoms with van der Waals surface area (Å²) in [5, 5.41) is 12.5. The standard InChI is InChI=1S/C11H11N3O3/c1-6-4-3-5-7(2)8(6)14-11(17)12-9(13-14)10(15)16/h3-5H,1-2H3,(H,15,16)(H,12,13,17). The van der Waals surface area contributed by atoms with Crippen molar-refractivity contribution in [3.63, 3.8) is 0 Å². The van der Waals surface area contributed by atoms with Crippen molar-refractivity contribution in [1.82, 2.24) is 14.8 Å². The van der Waals surface area contributed by atoms with E-state index in [2.05, 4.69) is 10.1 Å². The predicted octanol–water partition coefficient (Wildman–Crippen LogP) is 0.876. The number of para-hydroxylation sites is 1. The molecule has 6 nitrogen and oxygen atoms in total. The number of benzene rings is 1. The molecule has 0 atom stereocenters. The number of aryl methyl sites for hydroxylation is 2. The number of aromatic nitrogens is 3. The van der Waals surface area contributed by atoms with Crippen LogP contribution in [0.25, 0.3) is 5.69 Å². The van der Waals surface area contributed by atoms with Crippen LogP contribution in [0, 0.1) is 13.8 Å². The number of hydrogen-bond donors (Lipinski definition) is 2. The first-order chi connectivity index (χ1) is 8.00. The van der Waals surface area contributed by atoms with E-state index in [0.717, 1.165) is 15.8 Å². The van der Waals surface area contributed by atoms with Gasteiger partial charge in [-0.15, -0.1) is 5.10 Å². The Labute approximate surface area is 96.5 Å². The van der Waals surface area contributed by atoms with Gasteiger partial charge >= 0.3 is 11.7 Å². The van der Waals surface area contributed by atoms with Gasteiger partial charge in [0, 0.05) is 0 Å². The highest BCUT2D eigenvalue weighted by atomic mass is 16.4. The summed E-state index contributed by atoms with van der Waals surface area (Å²) in [5.74, 6) is -1.62. The van der Waals surface area contributed by atoms with Gasteiger partial charge in [-0.2, -0.15) is 4.68 Å². The molecule has 1 aromatic heterocycles. The van der Waals surface area contributed by atoms with Crippen LogP contribution in [0.5, 0.6) is 0 Å². The first-order valence-electron chi connectivity index (χ1n) is 5.00. The molecule has 0 saturated heterocycles. The minimum Gasteiger partial charge on any atom is -0.475 e. The van der Waals surface area contributed by atoms with Crippen molar-refractivity contribution in [2.45, 2.75) is 13.8 Å². The van der Waals surface area contributed by atoms with Crippen molar-refractivity contribution < 1.29 is 9.90 Å². The third kappa shape index (κ3) is 1.84. The number of carboxylic acid groups (broad SMARTS) is 1. The molecule has 0 aliphatic rings. The summed E-state index contributed by atoms with van der Waals surface area (Å²) in [7, 11) is 0. The van der Waals surface area contributed by atoms with Gasteiger partial charge < -0.3 is 5.11 Å². The molecule has 1 heterocycles. The Morgan fingerprint density at radius 3 is 2.41 bits per heavy atom. The van der Waals surface area contributed by atoms with E-state index in [-0.39, 0.29) is 5.82 Å². The molecule has 17 heavy (non-hydrogen) atoms. The van der Waals surface area contributed by atoms with Crippen LogP contribution in [0.4, 0.5) is 0 Å². The number of hydrogen-bond acceptors (Lipinski definition) is 3. The van der Waals surface area contributed by atoms with Crippen molar-refractivity contribution in [2.24, 2.45) is 0 Å². The zero-order chi connectivity index (χ0) is 12.6. The smallest absolute Gasteiger partial charge is 0.373 e. The molecule has 88 valence electrons. The van der Waals surface area contributed by atoms with Crippen molar-refractivity contribution >= 4 is 5.97 Å². The Morgan fingerprint density at radius 1 is 1.35 bits per heavy atom. The molecule has 2 aromatic rings. The molecule has 0 aliphatic carbocycles. The largest absolute Gasteiger partial charge is 0.475 e. The van der Waals surface area contributed by atoms with E-state index >= 15 is 0 Å². The van der Waals surface area contributed by atoms with Gasteiger partial charge in [0.25, 0.3) is 0 Å². The van der Waals surface area contributed by atoms with Crippen LogP contribution >= 0.6 is 0 Å². The van der Waals surface area contributed by atoms with Crippen LogP contribution in [0.15, 0.2) is 23.0 Å². The summed E-state index contributed by atoms with van der Waals surface area (Å²) < 4.78 is 1.08. The second kappa shape index (κ2) is 3.89. The fourth-order valence-electron chi connectivity index (χ4n) is 1.71. The third-order valence-electron chi connectivity index (χ3n) is 2.47. The molecule has 1 aromatic carbocycles. The Bertz CT molecular complexity index is 619. The van der Waals surface area contributed by atoms with Gasteiger partial charge in [0.05, 0.1) is 5.69 Å². The van der Waals surface area contributed by atoms with Gasteiger partial charge in [0.2, 0.25) is 5.82 Å². The average molecular weight is 233 g/mol. The molecule has 0 aliphatic heterocycles. The van der Waals surface area contributed by atoms with Crippen LogP contribution in [0.1, 0.15) is 21.7 Å². The average Bonchev–Trinajstić information content (AvgIpc) is 2.61. The Morgan fingerprint density at radius 2 is 1.94 bits per heavy atom. The summed E-state index contributed by atoms with van der Waals surface area (Å²) in [6.07, 6.45) is 0. The molecule has 0 unspecified atom stereocenters. The van der Waals surface area contributed by atoms with Gasteiger partial charge in [-0.25, -0.2) is 9.59 Å². The monoisotopic (exact) mass is 233 g/mol. The number of aromatic carboxylic acids is 1. The lowest BCUT2D eigenvalue weighted by Crippen LogP contribution is -2.18. The van der Waals surface area contributed by atoms with Gasteiger partial charge in [-0.3, -0.25) is 4.98 Å². The summed E-state index contributed by atoms with van der Waals surface area (Å²) in [4.78, 5) is 24.5. The summed E-state index contributed by atoms with van der Waals surface area (Å²) in [6.45, 7) is 3.67. The zero-order valence-electron chi connectivity index (χ0n) is 9.39. The minimum atomic E-state index is -1.26. The highest BCUT2D eigenvalue weighted by Crippen LogP contribution is 2.15. The number of rotatable bonds is 2. The number of aromatic amines is 1. The van der Waals surface area contributed by atoms with E-state index in [4.69, 9.17) is 5.11 Å². The van der Waals surface area contributed by atoms with E-state index in [9.17, 15) is 9.59 Å². The zero-order valence-corrected chi connectivity index (χ0v) is 9.39. The van der Waals surface area contributed by atoms with Crippen LogP contribution < -0.4 is 5.69 Å². The number of carbonyl (C=O) groups is 1. The molecule has 0 spiro atoms. The van der Waals surface area contributed by atoms with Crippen molar-refractivity contribution in [1.29, 1.82) is 0 Å². The summed E-state index contributed by atoms with van der Waals surface area (Å²) in [6, 6.07) is 5.54. The van der Waals surface area contributed by atoms with Gasteiger partial charge in [-0.05, 0) is 25.0 Å². The second-order valence-electron chi connectivity index (χ2n) is 3.74. The molecular weight excluding hydrogens is 222 g/mol. The molecule has 6 heteroatoms. The van der Waals surface area contributed by atoms with Crippen LogP contribution in [-0.4, -0.2) is 25.8 Å². The topological polar surface area (TPSA) is 88.0 Å². The van der Waals surface area contributed by atoms with Crippen molar-refractivity contribution in [2.75, 3.05) is 0 Å². The number of carboxylic acids is 1. The fraction of sp³-hybridized carbons (Fsp3) is 0.182. The molecule has 2 rings (SSSR count). The first kappa shape index (κ1) is 11.1. The SMILES string of the molecule is Cc1cccc(C)c1-n1nc(C(=O)O)[nH]c1=O. The highest BCUT2D eigenvalue weighted by Gasteiger charge is 2.15. The van der Waals surface area contributed by atoms with Crippen molar-refractivity contribution in [3.8, 4) is 5.69 Å². The lowest BCUT2D eigenvalue weighted by atomic mass is 10.1. The minimum absolute atomic E-state index is 0.363. The maximum Gasteiger partial charge on any atom is 0.373 e. The molecule has 0 bridgehead atoms. The van der Waals surface area contributed by atoms with Crippen molar-refractivity contribution in [3.05, 3.63) is 45.6 Å².